The van der Waals surface area contributed by atoms with Crippen LogP contribution in [0.4, 0.5) is 0 Å². The first-order valence-corrected chi connectivity index (χ1v) is 7.02. The van der Waals surface area contributed by atoms with Gasteiger partial charge < -0.3 is 14.4 Å². The molecular formula is C13H16BrNO4. The van der Waals surface area contributed by atoms with Crippen LogP contribution >= 0.6 is 15.9 Å². The molecule has 1 saturated carbocycles. The number of aromatic nitrogens is 1. The summed E-state index contributed by atoms with van der Waals surface area (Å²) >= 11 is 3.36. The highest BCUT2D eigenvalue weighted by atomic mass is 79.9. The van der Waals surface area contributed by atoms with Crippen LogP contribution in [0.15, 0.2) is 21.5 Å². The molecule has 1 aromatic rings. The van der Waals surface area contributed by atoms with Gasteiger partial charge in [-0.3, -0.25) is 9.59 Å². The monoisotopic (exact) mass is 329 g/mol. The number of aliphatic carboxylic acids is 1. The Balaban J connectivity index is 2.02. The zero-order valence-electron chi connectivity index (χ0n) is 10.6. The maximum Gasteiger partial charge on any atom is 0.306 e. The third-order valence-electron chi connectivity index (χ3n) is 3.46. The molecule has 19 heavy (non-hydrogen) atoms. The minimum Gasteiger partial charge on any atom is -0.489 e. The largest absolute Gasteiger partial charge is 0.489 e. The molecule has 0 atom stereocenters. The Morgan fingerprint density at radius 3 is 2.63 bits per heavy atom. The summed E-state index contributed by atoms with van der Waals surface area (Å²) in [5, 5.41) is 8.93. The van der Waals surface area contributed by atoms with Crippen molar-refractivity contribution in [1.29, 1.82) is 0 Å². The fraction of sp³-hybridized carbons (Fsp3) is 0.538. The minimum absolute atomic E-state index is 0.0148. The lowest BCUT2D eigenvalue weighted by atomic mass is 9.87. The third kappa shape index (κ3) is 3.37. The van der Waals surface area contributed by atoms with Crippen molar-refractivity contribution in [2.75, 3.05) is 0 Å². The number of hydrogen-bond acceptors (Lipinski definition) is 3. The molecule has 0 saturated heterocycles. The summed E-state index contributed by atoms with van der Waals surface area (Å²) in [7, 11) is 1.68. The normalized spacial score (nSPS) is 23.1. The van der Waals surface area contributed by atoms with E-state index in [1.165, 1.54) is 10.6 Å². The number of hydrogen-bond donors (Lipinski definition) is 1. The van der Waals surface area contributed by atoms with Gasteiger partial charge in [0.1, 0.15) is 5.75 Å². The highest BCUT2D eigenvalue weighted by molar-refractivity contribution is 9.10. The summed E-state index contributed by atoms with van der Waals surface area (Å²) in [6.45, 7) is 0. The second-order valence-corrected chi connectivity index (χ2v) is 5.72. The standard InChI is InChI=1S/C13H16BrNO4/c1-15-7-10(14)11(6-12(15)16)19-9-4-2-8(3-5-9)13(17)18/h6-9H,2-5H2,1H3,(H,17,18)/t8-,9-. The van der Waals surface area contributed by atoms with Gasteiger partial charge in [-0.15, -0.1) is 0 Å². The molecule has 0 bridgehead atoms. The van der Waals surface area contributed by atoms with Crippen molar-refractivity contribution in [2.45, 2.75) is 31.8 Å². The number of aryl methyl sites for hydroxylation is 1. The lowest BCUT2D eigenvalue weighted by molar-refractivity contribution is -0.143. The molecule has 1 fully saturated rings. The van der Waals surface area contributed by atoms with E-state index in [1.807, 2.05) is 0 Å². The van der Waals surface area contributed by atoms with E-state index >= 15 is 0 Å². The van der Waals surface area contributed by atoms with Crippen LogP contribution in [0.5, 0.6) is 5.75 Å². The summed E-state index contributed by atoms with van der Waals surface area (Å²) in [6.07, 6.45) is 4.32. The van der Waals surface area contributed by atoms with Crippen LogP contribution in [-0.4, -0.2) is 21.7 Å². The molecule has 1 aliphatic carbocycles. The maximum absolute atomic E-state index is 11.6. The van der Waals surface area contributed by atoms with E-state index in [4.69, 9.17) is 9.84 Å². The van der Waals surface area contributed by atoms with Crippen molar-refractivity contribution in [2.24, 2.45) is 13.0 Å². The van der Waals surface area contributed by atoms with Gasteiger partial charge in [-0.25, -0.2) is 0 Å². The Morgan fingerprint density at radius 1 is 1.42 bits per heavy atom. The average Bonchev–Trinajstić information content (AvgIpc) is 2.36. The summed E-state index contributed by atoms with van der Waals surface area (Å²) in [5.74, 6) is -0.456. The van der Waals surface area contributed by atoms with Crippen LogP contribution in [0.3, 0.4) is 0 Å². The van der Waals surface area contributed by atoms with E-state index in [0.717, 1.165) is 4.47 Å². The number of carboxylic acids is 1. The van der Waals surface area contributed by atoms with Gasteiger partial charge in [-0.1, -0.05) is 0 Å². The van der Waals surface area contributed by atoms with Gasteiger partial charge in [0.15, 0.2) is 0 Å². The number of pyridine rings is 1. The highest BCUT2D eigenvalue weighted by Gasteiger charge is 2.27. The minimum atomic E-state index is -0.729. The van der Waals surface area contributed by atoms with Crippen LogP contribution < -0.4 is 10.3 Å². The summed E-state index contributed by atoms with van der Waals surface area (Å²) in [4.78, 5) is 22.4. The molecule has 0 unspecified atom stereocenters. The van der Waals surface area contributed by atoms with Gasteiger partial charge in [0.2, 0.25) is 0 Å². The molecule has 0 amide bonds. The van der Waals surface area contributed by atoms with Crippen molar-refractivity contribution >= 4 is 21.9 Å². The van der Waals surface area contributed by atoms with Crippen molar-refractivity contribution in [1.82, 2.24) is 4.57 Å². The van der Waals surface area contributed by atoms with Gasteiger partial charge in [0.05, 0.1) is 16.5 Å². The van der Waals surface area contributed by atoms with E-state index < -0.39 is 5.97 Å². The summed E-state index contributed by atoms with van der Waals surface area (Å²) < 4.78 is 8.00. The van der Waals surface area contributed by atoms with Gasteiger partial charge in [0.25, 0.3) is 5.56 Å². The van der Waals surface area contributed by atoms with E-state index in [9.17, 15) is 9.59 Å². The van der Waals surface area contributed by atoms with Crippen molar-refractivity contribution < 1.29 is 14.6 Å². The molecule has 6 heteroatoms. The zero-order chi connectivity index (χ0) is 14.0. The lowest BCUT2D eigenvalue weighted by Crippen LogP contribution is -2.28. The topological polar surface area (TPSA) is 68.5 Å². The van der Waals surface area contributed by atoms with Crippen LogP contribution in [0.2, 0.25) is 0 Å². The molecule has 1 heterocycles. The lowest BCUT2D eigenvalue weighted by Gasteiger charge is -2.27. The highest BCUT2D eigenvalue weighted by Crippen LogP contribution is 2.30. The molecule has 104 valence electrons. The van der Waals surface area contributed by atoms with Gasteiger partial charge in [-0.05, 0) is 41.6 Å². The molecule has 1 aromatic heterocycles. The number of ether oxygens (including phenoxy) is 1. The number of nitrogens with zero attached hydrogens (tertiary/aromatic N) is 1. The maximum atomic E-state index is 11.6. The van der Waals surface area contributed by atoms with Crippen molar-refractivity contribution in [3.05, 3.63) is 27.1 Å². The second-order valence-electron chi connectivity index (χ2n) is 4.86. The van der Waals surface area contributed by atoms with Crippen molar-refractivity contribution in [3.8, 4) is 5.75 Å². The number of carboxylic acid groups (broad SMARTS) is 1. The molecule has 0 radical (unpaired) electrons. The summed E-state index contributed by atoms with van der Waals surface area (Å²) in [5.41, 5.74) is -0.127. The van der Waals surface area contributed by atoms with E-state index in [1.54, 1.807) is 13.2 Å². The summed E-state index contributed by atoms with van der Waals surface area (Å²) in [6, 6.07) is 1.45. The molecule has 0 aliphatic heterocycles. The Kier molecular flexibility index (Phi) is 4.29. The smallest absolute Gasteiger partial charge is 0.306 e. The number of halogens is 1. The van der Waals surface area contributed by atoms with E-state index in [0.29, 0.717) is 31.4 Å². The van der Waals surface area contributed by atoms with E-state index in [-0.39, 0.29) is 17.6 Å². The SMILES string of the molecule is Cn1cc(Br)c(O[C@H]2CC[C@H](C(=O)O)CC2)cc1=O. The Labute approximate surface area is 119 Å². The van der Waals surface area contributed by atoms with E-state index in [2.05, 4.69) is 15.9 Å². The molecule has 2 rings (SSSR count). The number of rotatable bonds is 3. The Morgan fingerprint density at radius 2 is 2.05 bits per heavy atom. The quantitative estimate of drug-likeness (QED) is 0.922. The molecular weight excluding hydrogens is 314 g/mol. The first-order valence-electron chi connectivity index (χ1n) is 6.23. The van der Waals surface area contributed by atoms with Crippen LogP contribution in [0.1, 0.15) is 25.7 Å². The fourth-order valence-electron chi connectivity index (χ4n) is 2.28. The number of carbonyl (C=O) groups is 1. The predicted molar refractivity (Wildman–Crippen MR) is 73.4 cm³/mol. The van der Waals surface area contributed by atoms with Gasteiger partial charge >= 0.3 is 5.97 Å². The van der Waals surface area contributed by atoms with Crippen LogP contribution in [-0.2, 0) is 11.8 Å². The second kappa shape index (κ2) is 5.77. The van der Waals surface area contributed by atoms with Gasteiger partial charge in [-0.2, -0.15) is 0 Å². The molecule has 1 aliphatic rings. The fourth-order valence-corrected chi connectivity index (χ4v) is 2.79. The molecule has 0 spiro atoms. The molecule has 0 aromatic carbocycles. The Bertz CT molecular complexity index is 532. The Hall–Kier alpha value is -1.30. The van der Waals surface area contributed by atoms with Gasteiger partial charge in [0, 0.05) is 19.3 Å². The zero-order valence-corrected chi connectivity index (χ0v) is 12.2. The third-order valence-corrected chi connectivity index (χ3v) is 4.06. The first kappa shape index (κ1) is 14.1. The molecule has 1 N–H and O–H groups in total. The van der Waals surface area contributed by atoms with Crippen LogP contribution in [0, 0.1) is 5.92 Å². The molecule has 5 nitrogen and oxygen atoms in total. The van der Waals surface area contributed by atoms with Crippen molar-refractivity contribution in [3.63, 3.8) is 0 Å². The predicted octanol–water partition coefficient (Wildman–Crippen LogP) is 2.17. The van der Waals surface area contributed by atoms with Crippen LogP contribution in [0.25, 0.3) is 0 Å². The average molecular weight is 330 g/mol. The first-order chi connectivity index (χ1) is 8.97.